The molecular formula is C6H17BrNP. The van der Waals surface area contributed by atoms with Gasteiger partial charge in [-0.05, 0) is 6.92 Å². The van der Waals surface area contributed by atoms with Crippen LogP contribution >= 0.6 is 7.41 Å². The van der Waals surface area contributed by atoms with E-state index in [0.29, 0.717) is 0 Å². The molecule has 0 radical (unpaired) electrons. The standard InChI is InChI=1S/C6H17NP.BrH/c1-6-7(2)8(3,4)5;/h6H2,1-5H3;1H/q+1;/p-1. The maximum atomic E-state index is 2.42. The van der Waals surface area contributed by atoms with Crippen LogP contribution in [0.15, 0.2) is 0 Å². The first kappa shape index (κ1) is 12.5. The van der Waals surface area contributed by atoms with Gasteiger partial charge in [0, 0.05) is 13.6 Å². The van der Waals surface area contributed by atoms with Crippen molar-refractivity contribution in [1.82, 2.24) is 4.67 Å². The van der Waals surface area contributed by atoms with Crippen LogP contribution in [0.4, 0.5) is 0 Å². The molecule has 0 N–H and O–H groups in total. The van der Waals surface area contributed by atoms with Crippen molar-refractivity contribution >= 4 is 7.41 Å². The third kappa shape index (κ3) is 5.32. The Kier molecular flexibility index (Phi) is 6.48. The highest BCUT2D eigenvalue weighted by Gasteiger charge is 2.21. The molecule has 58 valence electrons. The fourth-order valence-corrected chi connectivity index (χ4v) is 1.27. The maximum absolute atomic E-state index is 2.42. The highest BCUT2D eigenvalue weighted by Crippen LogP contribution is 2.48. The van der Waals surface area contributed by atoms with Crippen LogP contribution in [0.1, 0.15) is 6.92 Å². The fourth-order valence-electron chi connectivity index (χ4n) is 0.424. The third-order valence-electron chi connectivity index (χ3n) is 1.48. The number of nitrogens with zero attached hydrogens (tertiary/aromatic N) is 1. The third-order valence-corrected chi connectivity index (χ3v) is 3.81. The van der Waals surface area contributed by atoms with Crippen molar-refractivity contribution < 1.29 is 17.0 Å². The molecule has 9 heavy (non-hydrogen) atoms. The van der Waals surface area contributed by atoms with Crippen LogP contribution in [0.25, 0.3) is 0 Å². The minimum absolute atomic E-state index is 0. The molecule has 0 fully saturated rings. The largest absolute Gasteiger partial charge is 1.00 e. The molecule has 0 aliphatic rings. The first-order chi connectivity index (χ1) is 3.48. The summed E-state index contributed by atoms with van der Waals surface area (Å²) in [4.78, 5) is 0. The Morgan fingerprint density at radius 2 is 1.56 bits per heavy atom. The SMILES string of the molecule is CCN(C)[P+](C)(C)C.[Br-]. The monoisotopic (exact) mass is 213 g/mol. The summed E-state index contributed by atoms with van der Waals surface area (Å²) in [5, 5.41) is 0. The molecule has 0 atom stereocenters. The molecule has 0 amide bonds. The van der Waals surface area contributed by atoms with E-state index in [9.17, 15) is 0 Å². The summed E-state index contributed by atoms with van der Waals surface area (Å²) in [6.45, 7) is 10.4. The van der Waals surface area contributed by atoms with Crippen LogP contribution in [0.2, 0.25) is 0 Å². The lowest BCUT2D eigenvalue weighted by molar-refractivity contribution is -0.00000218. The van der Waals surface area contributed by atoms with Gasteiger partial charge in [0.05, 0.1) is 27.4 Å². The lowest BCUT2D eigenvalue weighted by Crippen LogP contribution is -3.00. The van der Waals surface area contributed by atoms with E-state index >= 15 is 0 Å². The molecule has 0 unspecified atom stereocenters. The zero-order valence-corrected chi connectivity index (χ0v) is 9.46. The Bertz CT molecular complexity index is 69.9. The first-order valence-corrected chi connectivity index (χ1v) is 6.10. The van der Waals surface area contributed by atoms with E-state index < -0.39 is 7.41 Å². The second-order valence-corrected chi connectivity index (χ2v) is 7.48. The van der Waals surface area contributed by atoms with Gasteiger partial charge in [-0.3, -0.25) is 0 Å². The molecule has 0 saturated carbocycles. The van der Waals surface area contributed by atoms with Crippen molar-refractivity contribution in [3.63, 3.8) is 0 Å². The fraction of sp³-hybridized carbons (Fsp3) is 1.00. The second-order valence-electron chi connectivity index (χ2n) is 2.92. The Labute approximate surface area is 70.0 Å². The van der Waals surface area contributed by atoms with Crippen molar-refractivity contribution in [2.45, 2.75) is 6.92 Å². The normalized spacial score (nSPS) is 11.3. The lowest BCUT2D eigenvalue weighted by atomic mass is 10.8. The maximum Gasteiger partial charge on any atom is 0.0737 e. The van der Waals surface area contributed by atoms with Crippen molar-refractivity contribution in [2.24, 2.45) is 0 Å². The van der Waals surface area contributed by atoms with Crippen molar-refractivity contribution in [3.8, 4) is 0 Å². The van der Waals surface area contributed by atoms with Gasteiger partial charge in [-0.25, -0.2) is 0 Å². The van der Waals surface area contributed by atoms with Gasteiger partial charge in [0.1, 0.15) is 0 Å². The van der Waals surface area contributed by atoms with Crippen LogP contribution in [-0.4, -0.2) is 38.3 Å². The van der Waals surface area contributed by atoms with Crippen LogP contribution in [0, 0.1) is 0 Å². The van der Waals surface area contributed by atoms with Gasteiger partial charge in [0.15, 0.2) is 0 Å². The van der Waals surface area contributed by atoms with Gasteiger partial charge in [-0.1, -0.05) is 0 Å². The smallest absolute Gasteiger partial charge is 0.0737 e. The Morgan fingerprint density at radius 3 is 1.56 bits per heavy atom. The summed E-state index contributed by atoms with van der Waals surface area (Å²) in [5.41, 5.74) is 0. The Hall–Kier alpha value is 0.870. The van der Waals surface area contributed by atoms with E-state index in [2.05, 4.69) is 38.6 Å². The van der Waals surface area contributed by atoms with Gasteiger partial charge >= 0.3 is 0 Å². The molecule has 0 aromatic rings. The second kappa shape index (κ2) is 4.65. The van der Waals surface area contributed by atoms with Crippen LogP contribution in [0.5, 0.6) is 0 Å². The Balaban J connectivity index is 0. The molecule has 0 rings (SSSR count). The van der Waals surface area contributed by atoms with E-state index in [0.717, 1.165) is 0 Å². The predicted molar refractivity (Wildman–Crippen MR) is 43.0 cm³/mol. The molecule has 0 saturated heterocycles. The average Bonchev–Trinajstić information content (AvgIpc) is 1.62. The van der Waals surface area contributed by atoms with Crippen LogP contribution < -0.4 is 17.0 Å². The van der Waals surface area contributed by atoms with Gasteiger partial charge in [-0.2, -0.15) is 4.67 Å². The molecular weight excluding hydrogens is 197 g/mol. The van der Waals surface area contributed by atoms with Crippen molar-refractivity contribution in [1.29, 1.82) is 0 Å². The van der Waals surface area contributed by atoms with Crippen LogP contribution in [-0.2, 0) is 0 Å². The van der Waals surface area contributed by atoms with Gasteiger partial charge in [0.25, 0.3) is 0 Å². The summed E-state index contributed by atoms with van der Waals surface area (Å²) >= 11 is 0. The molecule has 0 aliphatic carbocycles. The highest BCUT2D eigenvalue weighted by atomic mass is 79.9. The Morgan fingerprint density at radius 1 is 1.22 bits per heavy atom. The number of hydrogen-bond acceptors (Lipinski definition) is 1. The summed E-state index contributed by atoms with van der Waals surface area (Å²) in [5.74, 6) is 0. The van der Waals surface area contributed by atoms with Gasteiger partial charge in [0.2, 0.25) is 0 Å². The zero-order chi connectivity index (χ0) is 6.78. The van der Waals surface area contributed by atoms with Crippen molar-refractivity contribution in [2.75, 3.05) is 33.6 Å². The summed E-state index contributed by atoms with van der Waals surface area (Å²) in [6, 6.07) is 0. The number of hydrogen-bond donors (Lipinski definition) is 0. The lowest BCUT2D eigenvalue weighted by Gasteiger charge is -2.22. The minimum Gasteiger partial charge on any atom is -1.00 e. The summed E-state index contributed by atoms with van der Waals surface area (Å²) in [7, 11) is 1.51. The first-order valence-electron chi connectivity index (χ1n) is 3.01. The molecule has 0 spiro atoms. The molecule has 3 heteroatoms. The number of halogens is 1. The molecule has 1 nitrogen and oxygen atoms in total. The van der Waals surface area contributed by atoms with Gasteiger partial charge < -0.3 is 17.0 Å². The highest BCUT2D eigenvalue weighted by molar-refractivity contribution is 7.71. The van der Waals surface area contributed by atoms with Crippen LogP contribution in [0.3, 0.4) is 0 Å². The molecule has 0 aromatic heterocycles. The van der Waals surface area contributed by atoms with E-state index in [1.807, 2.05) is 0 Å². The molecule has 0 bridgehead atoms. The molecule has 0 heterocycles. The van der Waals surface area contributed by atoms with E-state index in [-0.39, 0.29) is 17.0 Å². The van der Waals surface area contributed by atoms with Gasteiger partial charge in [-0.15, -0.1) is 0 Å². The molecule has 0 aromatic carbocycles. The quantitative estimate of drug-likeness (QED) is 0.520. The van der Waals surface area contributed by atoms with Crippen molar-refractivity contribution in [3.05, 3.63) is 0 Å². The van der Waals surface area contributed by atoms with E-state index in [4.69, 9.17) is 0 Å². The predicted octanol–water partition coefficient (Wildman–Crippen LogP) is -1.24. The van der Waals surface area contributed by atoms with E-state index in [1.165, 1.54) is 6.54 Å². The molecule has 0 aliphatic heterocycles. The average molecular weight is 214 g/mol. The number of rotatable bonds is 2. The summed E-state index contributed by atoms with van der Waals surface area (Å²) in [6.07, 6.45) is 0. The summed E-state index contributed by atoms with van der Waals surface area (Å²) < 4.78 is 2.42. The zero-order valence-electron chi connectivity index (χ0n) is 6.98. The minimum atomic E-state index is -0.673. The topological polar surface area (TPSA) is 3.24 Å². The van der Waals surface area contributed by atoms with E-state index in [1.54, 1.807) is 0 Å².